The number of ether oxygens (including phenoxy) is 1. The quantitative estimate of drug-likeness (QED) is 0.653. The maximum absolute atomic E-state index is 11.7. The van der Waals surface area contributed by atoms with Crippen LogP contribution in [0.3, 0.4) is 0 Å². The van der Waals surface area contributed by atoms with Gasteiger partial charge in [-0.15, -0.1) is 0 Å². The minimum atomic E-state index is -0.521. The lowest BCUT2D eigenvalue weighted by molar-refractivity contribution is 0.0528. The van der Waals surface area contributed by atoms with Gasteiger partial charge in [0.2, 0.25) is 5.28 Å². The first-order valence-electron chi connectivity index (χ1n) is 4.99. The van der Waals surface area contributed by atoms with E-state index in [1.807, 2.05) is 0 Å². The van der Waals surface area contributed by atoms with Crippen molar-refractivity contribution in [3.8, 4) is 0 Å². The van der Waals surface area contributed by atoms with Crippen molar-refractivity contribution < 1.29 is 9.53 Å². The molecule has 0 bridgehead atoms. The average molecular weight is 253 g/mol. The molecule has 1 N–H and O–H groups in total. The predicted molar refractivity (Wildman–Crippen MR) is 63.3 cm³/mol. The summed E-state index contributed by atoms with van der Waals surface area (Å²) < 4.78 is 4.88. The number of halogens is 1. The monoisotopic (exact) mass is 252 g/mol. The van der Waals surface area contributed by atoms with E-state index in [0.717, 1.165) is 0 Å². The van der Waals surface area contributed by atoms with E-state index >= 15 is 0 Å². The topological polar surface area (TPSA) is 72.1 Å². The average Bonchev–Trinajstić information content (AvgIpc) is 2.28. The Kier molecular flexibility index (Phi) is 3.10. The van der Waals surface area contributed by atoms with Gasteiger partial charge >= 0.3 is 5.97 Å². The summed E-state index contributed by atoms with van der Waals surface area (Å²) in [6.07, 6.45) is 0. The first kappa shape index (κ1) is 11.6. The molecule has 1 aromatic heterocycles. The van der Waals surface area contributed by atoms with Crippen LogP contribution >= 0.6 is 11.6 Å². The fourth-order valence-electron chi connectivity index (χ4n) is 1.51. The molecule has 0 aliphatic carbocycles. The molecule has 0 unspecified atom stereocenters. The Hall–Kier alpha value is -1.88. The van der Waals surface area contributed by atoms with Crippen molar-refractivity contribution in [3.63, 3.8) is 0 Å². The Bertz CT molecular complexity index is 636. The van der Waals surface area contributed by atoms with E-state index in [4.69, 9.17) is 16.3 Å². The molecule has 1 heterocycles. The highest BCUT2D eigenvalue weighted by atomic mass is 35.5. The molecular weight excluding hydrogens is 244 g/mol. The molecule has 5 nitrogen and oxygen atoms in total. The lowest BCUT2D eigenvalue weighted by Crippen LogP contribution is -2.12. The first-order chi connectivity index (χ1) is 8.13. The molecule has 0 spiro atoms. The van der Waals surface area contributed by atoms with Crippen molar-refractivity contribution in [2.75, 3.05) is 6.61 Å². The number of aromatic amines is 1. The van der Waals surface area contributed by atoms with Crippen LogP contribution in [0.2, 0.25) is 5.28 Å². The minimum Gasteiger partial charge on any atom is -0.462 e. The van der Waals surface area contributed by atoms with Crippen LogP contribution in [0.1, 0.15) is 17.3 Å². The highest BCUT2D eigenvalue weighted by Gasteiger charge is 2.14. The molecular formula is C11H9ClN2O3. The van der Waals surface area contributed by atoms with E-state index in [9.17, 15) is 9.59 Å². The van der Waals surface area contributed by atoms with E-state index in [2.05, 4.69) is 9.97 Å². The van der Waals surface area contributed by atoms with Crippen LogP contribution < -0.4 is 5.56 Å². The fraction of sp³-hybridized carbons (Fsp3) is 0.182. The fourth-order valence-corrected chi connectivity index (χ4v) is 1.68. The largest absolute Gasteiger partial charge is 0.462 e. The summed E-state index contributed by atoms with van der Waals surface area (Å²) >= 11 is 5.66. The van der Waals surface area contributed by atoms with Crippen LogP contribution in [0.4, 0.5) is 0 Å². The summed E-state index contributed by atoms with van der Waals surface area (Å²) in [5, 5.41) is 0.249. The number of para-hydroxylation sites is 1. The molecule has 1 aromatic carbocycles. The molecule has 0 aliphatic rings. The van der Waals surface area contributed by atoms with Crippen LogP contribution in [0.5, 0.6) is 0 Å². The lowest BCUT2D eigenvalue weighted by atomic mass is 10.1. The first-order valence-corrected chi connectivity index (χ1v) is 5.37. The molecule has 17 heavy (non-hydrogen) atoms. The number of hydrogen-bond acceptors (Lipinski definition) is 4. The van der Waals surface area contributed by atoms with Gasteiger partial charge in [-0.05, 0) is 30.7 Å². The molecule has 0 radical (unpaired) electrons. The van der Waals surface area contributed by atoms with Gasteiger partial charge in [-0.2, -0.15) is 0 Å². The van der Waals surface area contributed by atoms with E-state index in [0.29, 0.717) is 5.39 Å². The maximum Gasteiger partial charge on any atom is 0.340 e. The second-order valence-corrected chi connectivity index (χ2v) is 3.64. The minimum absolute atomic E-state index is 0.0563. The Balaban J connectivity index is 2.73. The SMILES string of the molecule is CCOC(=O)c1cccc2c(=O)[nH]c(Cl)nc12. The van der Waals surface area contributed by atoms with Gasteiger partial charge in [0.05, 0.1) is 23.1 Å². The van der Waals surface area contributed by atoms with Crippen molar-refractivity contribution in [1.82, 2.24) is 9.97 Å². The van der Waals surface area contributed by atoms with Gasteiger partial charge in [0.25, 0.3) is 5.56 Å². The molecule has 88 valence electrons. The van der Waals surface area contributed by atoms with E-state index in [1.165, 1.54) is 0 Å². The third-order valence-corrected chi connectivity index (χ3v) is 2.38. The number of fused-ring (bicyclic) bond motifs is 1. The smallest absolute Gasteiger partial charge is 0.340 e. The van der Waals surface area contributed by atoms with Gasteiger partial charge in [0, 0.05) is 0 Å². The number of benzene rings is 1. The van der Waals surface area contributed by atoms with Crippen LogP contribution in [0.25, 0.3) is 10.9 Å². The molecule has 0 fully saturated rings. The number of esters is 1. The molecule has 2 rings (SSSR count). The van der Waals surface area contributed by atoms with Crippen LogP contribution in [-0.4, -0.2) is 22.5 Å². The highest BCUT2D eigenvalue weighted by Crippen LogP contribution is 2.15. The van der Waals surface area contributed by atoms with Crippen molar-refractivity contribution in [1.29, 1.82) is 0 Å². The van der Waals surface area contributed by atoms with Gasteiger partial charge < -0.3 is 4.74 Å². The number of hydrogen-bond donors (Lipinski definition) is 1. The van der Waals surface area contributed by atoms with Crippen molar-refractivity contribution in [2.45, 2.75) is 6.92 Å². The third kappa shape index (κ3) is 2.14. The molecule has 2 aromatic rings. The zero-order chi connectivity index (χ0) is 12.4. The van der Waals surface area contributed by atoms with E-state index in [-0.39, 0.29) is 28.5 Å². The number of carbonyl (C=O) groups excluding carboxylic acids is 1. The Morgan fingerprint density at radius 2 is 2.29 bits per heavy atom. The standard InChI is InChI=1S/C11H9ClN2O3/c1-2-17-10(16)7-5-3-4-6-8(7)13-11(12)14-9(6)15/h3-5H,2H2,1H3,(H,13,14,15). The zero-order valence-electron chi connectivity index (χ0n) is 8.99. The zero-order valence-corrected chi connectivity index (χ0v) is 9.75. The van der Waals surface area contributed by atoms with Gasteiger partial charge in [-0.1, -0.05) is 6.07 Å². The second-order valence-electron chi connectivity index (χ2n) is 3.28. The number of aromatic nitrogens is 2. The van der Waals surface area contributed by atoms with Gasteiger partial charge in [0.1, 0.15) is 0 Å². The number of carbonyl (C=O) groups is 1. The van der Waals surface area contributed by atoms with E-state index < -0.39 is 5.97 Å². The molecule has 0 aliphatic heterocycles. The molecule has 0 saturated heterocycles. The lowest BCUT2D eigenvalue weighted by Gasteiger charge is -2.04. The van der Waals surface area contributed by atoms with Crippen LogP contribution in [0, 0.1) is 0 Å². The summed E-state index contributed by atoms with van der Waals surface area (Å²) in [5.74, 6) is -0.521. The maximum atomic E-state index is 11.7. The summed E-state index contributed by atoms with van der Waals surface area (Å²) in [7, 11) is 0. The van der Waals surface area contributed by atoms with Crippen LogP contribution in [-0.2, 0) is 4.74 Å². The molecule has 0 atom stereocenters. The number of nitrogens with zero attached hydrogens (tertiary/aromatic N) is 1. The second kappa shape index (κ2) is 4.55. The number of rotatable bonds is 2. The van der Waals surface area contributed by atoms with Crippen molar-refractivity contribution in [3.05, 3.63) is 39.4 Å². The molecule has 0 amide bonds. The Morgan fingerprint density at radius 1 is 1.53 bits per heavy atom. The summed E-state index contributed by atoms with van der Waals surface area (Å²) in [6, 6.07) is 4.71. The number of H-pyrrole nitrogens is 1. The van der Waals surface area contributed by atoms with Gasteiger partial charge in [-0.3, -0.25) is 9.78 Å². The highest BCUT2D eigenvalue weighted by molar-refractivity contribution is 6.28. The summed E-state index contributed by atoms with van der Waals surface area (Å²) in [5.41, 5.74) is 0.100. The Morgan fingerprint density at radius 3 is 3.00 bits per heavy atom. The van der Waals surface area contributed by atoms with Gasteiger partial charge in [-0.25, -0.2) is 9.78 Å². The molecule has 6 heteroatoms. The molecule has 0 saturated carbocycles. The van der Waals surface area contributed by atoms with Crippen molar-refractivity contribution in [2.24, 2.45) is 0 Å². The predicted octanol–water partition coefficient (Wildman–Crippen LogP) is 1.75. The normalized spacial score (nSPS) is 10.5. The van der Waals surface area contributed by atoms with Crippen molar-refractivity contribution >= 4 is 28.5 Å². The number of nitrogens with one attached hydrogen (secondary N) is 1. The van der Waals surface area contributed by atoms with Gasteiger partial charge in [0.15, 0.2) is 0 Å². The Labute approximate surface area is 101 Å². The van der Waals surface area contributed by atoms with E-state index in [1.54, 1.807) is 25.1 Å². The summed E-state index contributed by atoms with van der Waals surface area (Å²) in [6.45, 7) is 1.96. The summed E-state index contributed by atoms with van der Waals surface area (Å²) in [4.78, 5) is 29.6. The van der Waals surface area contributed by atoms with Crippen LogP contribution in [0.15, 0.2) is 23.0 Å². The third-order valence-electron chi connectivity index (χ3n) is 2.20.